The topological polar surface area (TPSA) is 48.9 Å². The minimum absolute atomic E-state index is 0.194. The van der Waals surface area contributed by atoms with Gasteiger partial charge in [-0.1, -0.05) is 13.8 Å². The number of aromatic amines is 1. The number of aromatic nitrogens is 2. The highest BCUT2D eigenvalue weighted by atomic mass is 16.2. The van der Waals surface area contributed by atoms with Crippen molar-refractivity contribution in [2.45, 2.75) is 20.3 Å². The molecule has 0 saturated heterocycles. The second kappa shape index (κ2) is 6.29. The van der Waals surface area contributed by atoms with Crippen molar-refractivity contribution in [2.75, 3.05) is 6.61 Å². The summed E-state index contributed by atoms with van der Waals surface area (Å²) in [4.78, 5) is 0. The Morgan fingerprint density at radius 1 is 1.60 bits per heavy atom. The maximum atomic E-state index is 8.40. The van der Waals surface area contributed by atoms with Crippen LogP contribution >= 0.6 is 0 Å². The lowest BCUT2D eigenvalue weighted by atomic mass is 10.3. The molecule has 58 valence electrons. The minimum Gasteiger partial charge on any atom is -0.396 e. The van der Waals surface area contributed by atoms with Crippen LogP contribution in [-0.2, 0) is 6.42 Å². The van der Waals surface area contributed by atoms with Crippen LogP contribution in [0.4, 0.5) is 0 Å². The molecule has 0 aliphatic heterocycles. The molecular formula is C7H14N2O. The van der Waals surface area contributed by atoms with Crippen molar-refractivity contribution in [3.05, 3.63) is 18.0 Å². The molecule has 0 spiro atoms. The number of hydrogen-bond acceptors (Lipinski definition) is 2. The van der Waals surface area contributed by atoms with Crippen LogP contribution in [-0.4, -0.2) is 21.9 Å². The summed E-state index contributed by atoms with van der Waals surface area (Å²) >= 11 is 0. The van der Waals surface area contributed by atoms with E-state index < -0.39 is 0 Å². The fraction of sp³-hybridized carbons (Fsp3) is 0.571. The van der Waals surface area contributed by atoms with Crippen molar-refractivity contribution in [3.63, 3.8) is 0 Å². The molecule has 3 nitrogen and oxygen atoms in total. The third kappa shape index (κ3) is 3.25. The Morgan fingerprint density at radius 2 is 2.30 bits per heavy atom. The van der Waals surface area contributed by atoms with Gasteiger partial charge in [-0.2, -0.15) is 5.10 Å². The number of aliphatic hydroxyl groups excluding tert-OH is 1. The zero-order valence-corrected chi connectivity index (χ0v) is 6.46. The van der Waals surface area contributed by atoms with Gasteiger partial charge < -0.3 is 5.11 Å². The van der Waals surface area contributed by atoms with E-state index in [4.69, 9.17) is 5.11 Å². The summed E-state index contributed by atoms with van der Waals surface area (Å²) in [6.07, 6.45) is 4.17. The quantitative estimate of drug-likeness (QED) is 0.646. The molecule has 0 aromatic carbocycles. The molecule has 0 atom stereocenters. The van der Waals surface area contributed by atoms with Gasteiger partial charge in [0.25, 0.3) is 0 Å². The molecule has 1 heterocycles. The monoisotopic (exact) mass is 142 g/mol. The van der Waals surface area contributed by atoms with E-state index in [-0.39, 0.29) is 6.61 Å². The van der Waals surface area contributed by atoms with E-state index in [0.29, 0.717) is 6.42 Å². The van der Waals surface area contributed by atoms with Crippen LogP contribution in [0.15, 0.2) is 12.4 Å². The lowest BCUT2D eigenvalue weighted by Gasteiger charge is -1.84. The smallest absolute Gasteiger partial charge is 0.0520 e. The van der Waals surface area contributed by atoms with E-state index in [1.165, 1.54) is 0 Å². The van der Waals surface area contributed by atoms with Gasteiger partial charge in [-0.15, -0.1) is 0 Å². The summed E-state index contributed by atoms with van der Waals surface area (Å²) in [7, 11) is 0. The highest BCUT2D eigenvalue weighted by molar-refractivity contribution is 5.01. The largest absolute Gasteiger partial charge is 0.396 e. The van der Waals surface area contributed by atoms with Crippen molar-refractivity contribution < 1.29 is 5.11 Å². The van der Waals surface area contributed by atoms with Crippen LogP contribution in [0.2, 0.25) is 0 Å². The first-order valence-electron chi connectivity index (χ1n) is 3.52. The predicted octanol–water partition coefficient (Wildman–Crippen LogP) is 0.971. The Kier molecular flexibility index (Phi) is 5.77. The Hall–Kier alpha value is -0.830. The average molecular weight is 142 g/mol. The van der Waals surface area contributed by atoms with E-state index in [1.807, 2.05) is 13.8 Å². The molecule has 0 amide bonds. The molecule has 0 bridgehead atoms. The van der Waals surface area contributed by atoms with Crippen LogP contribution in [0.1, 0.15) is 19.4 Å². The molecule has 0 aliphatic rings. The van der Waals surface area contributed by atoms with E-state index >= 15 is 0 Å². The fourth-order valence-corrected chi connectivity index (χ4v) is 0.543. The Bertz CT molecular complexity index is 137. The number of H-pyrrole nitrogens is 1. The third-order valence-electron chi connectivity index (χ3n) is 0.955. The van der Waals surface area contributed by atoms with Gasteiger partial charge in [0.05, 0.1) is 6.20 Å². The minimum atomic E-state index is 0.194. The first kappa shape index (κ1) is 9.17. The fourth-order valence-electron chi connectivity index (χ4n) is 0.543. The first-order chi connectivity index (χ1) is 4.93. The van der Waals surface area contributed by atoms with Crippen LogP contribution in [0, 0.1) is 0 Å². The number of nitrogens with zero attached hydrogens (tertiary/aromatic N) is 1. The van der Waals surface area contributed by atoms with Gasteiger partial charge in [-0.3, -0.25) is 5.10 Å². The van der Waals surface area contributed by atoms with Crippen LogP contribution in [0.3, 0.4) is 0 Å². The van der Waals surface area contributed by atoms with Crippen LogP contribution in [0.25, 0.3) is 0 Å². The van der Waals surface area contributed by atoms with Crippen molar-refractivity contribution in [1.29, 1.82) is 0 Å². The summed E-state index contributed by atoms with van der Waals surface area (Å²) in [6.45, 7) is 4.19. The molecule has 0 aliphatic carbocycles. The van der Waals surface area contributed by atoms with Gasteiger partial charge in [0.1, 0.15) is 0 Å². The summed E-state index contributed by atoms with van der Waals surface area (Å²) in [5.74, 6) is 0. The highest BCUT2D eigenvalue weighted by Gasteiger charge is 1.88. The third-order valence-corrected chi connectivity index (χ3v) is 0.955. The Morgan fingerprint density at radius 3 is 2.70 bits per heavy atom. The number of aliphatic hydroxyl groups is 1. The molecule has 0 radical (unpaired) electrons. The lowest BCUT2D eigenvalue weighted by molar-refractivity contribution is 0.299. The molecule has 2 N–H and O–H groups in total. The molecule has 3 heteroatoms. The van der Waals surface area contributed by atoms with Gasteiger partial charge in [-0.05, 0) is 12.0 Å². The second-order valence-corrected chi connectivity index (χ2v) is 1.58. The second-order valence-electron chi connectivity index (χ2n) is 1.58. The Labute approximate surface area is 61.1 Å². The molecule has 0 saturated carbocycles. The molecule has 10 heavy (non-hydrogen) atoms. The number of nitrogens with one attached hydrogen (secondary N) is 1. The van der Waals surface area contributed by atoms with Crippen molar-refractivity contribution in [2.24, 2.45) is 0 Å². The summed E-state index contributed by atoms with van der Waals surface area (Å²) in [6, 6.07) is 0. The average Bonchev–Trinajstić information content (AvgIpc) is 2.46. The SMILES string of the molecule is CC.OCCc1cn[nH]c1. The normalized spacial score (nSPS) is 8.30. The molecule has 1 aromatic rings. The molecule has 0 unspecified atom stereocenters. The van der Waals surface area contributed by atoms with E-state index in [1.54, 1.807) is 12.4 Å². The van der Waals surface area contributed by atoms with Gasteiger partial charge in [0.15, 0.2) is 0 Å². The maximum Gasteiger partial charge on any atom is 0.0520 e. The Balaban J connectivity index is 0.000000371. The predicted molar refractivity (Wildman–Crippen MR) is 40.7 cm³/mol. The van der Waals surface area contributed by atoms with Gasteiger partial charge in [-0.25, -0.2) is 0 Å². The summed E-state index contributed by atoms with van der Waals surface area (Å²) in [5, 5.41) is 14.8. The lowest BCUT2D eigenvalue weighted by Crippen LogP contribution is -1.86. The van der Waals surface area contributed by atoms with Gasteiger partial charge in [0, 0.05) is 12.8 Å². The zero-order valence-electron chi connectivity index (χ0n) is 6.46. The molecule has 0 fully saturated rings. The molecule has 1 aromatic heterocycles. The molecular weight excluding hydrogens is 128 g/mol. The van der Waals surface area contributed by atoms with Crippen LogP contribution < -0.4 is 0 Å². The van der Waals surface area contributed by atoms with Crippen molar-refractivity contribution >= 4 is 0 Å². The van der Waals surface area contributed by atoms with E-state index in [0.717, 1.165) is 5.56 Å². The number of hydrogen-bond donors (Lipinski definition) is 2. The van der Waals surface area contributed by atoms with E-state index in [9.17, 15) is 0 Å². The van der Waals surface area contributed by atoms with Crippen molar-refractivity contribution in [3.8, 4) is 0 Å². The first-order valence-corrected chi connectivity index (χ1v) is 3.52. The number of rotatable bonds is 2. The highest BCUT2D eigenvalue weighted by Crippen LogP contribution is 1.91. The van der Waals surface area contributed by atoms with Gasteiger partial charge in [0.2, 0.25) is 0 Å². The van der Waals surface area contributed by atoms with Crippen LogP contribution in [0.5, 0.6) is 0 Å². The standard InChI is InChI=1S/C5H8N2O.C2H6/c8-2-1-5-3-6-7-4-5;1-2/h3-4,8H,1-2H2,(H,6,7);1-2H3. The summed E-state index contributed by atoms with van der Waals surface area (Å²) < 4.78 is 0. The summed E-state index contributed by atoms with van der Waals surface area (Å²) in [5.41, 5.74) is 1.05. The zero-order chi connectivity index (χ0) is 7.82. The molecule has 1 rings (SSSR count). The van der Waals surface area contributed by atoms with Crippen molar-refractivity contribution in [1.82, 2.24) is 10.2 Å². The van der Waals surface area contributed by atoms with Gasteiger partial charge >= 0.3 is 0 Å². The maximum absolute atomic E-state index is 8.40. The van der Waals surface area contributed by atoms with E-state index in [2.05, 4.69) is 10.2 Å².